The number of aromatic nitrogens is 2. The lowest BCUT2D eigenvalue weighted by Gasteiger charge is -2.08. The van der Waals surface area contributed by atoms with E-state index in [9.17, 15) is 4.79 Å². The van der Waals surface area contributed by atoms with Crippen LogP contribution in [0.5, 0.6) is 5.75 Å². The maximum Gasteiger partial charge on any atom is 0.271 e. The lowest BCUT2D eigenvalue weighted by molar-refractivity contribution is 0.0941. The van der Waals surface area contributed by atoms with Crippen LogP contribution in [0.4, 0.5) is 5.82 Å². The van der Waals surface area contributed by atoms with Crippen LogP contribution in [-0.2, 0) is 0 Å². The summed E-state index contributed by atoms with van der Waals surface area (Å²) >= 11 is 0. The molecule has 2 aromatic rings. The zero-order valence-electron chi connectivity index (χ0n) is 11.2. The normalized spacial score (nSPS) is 10.1. The number of hydrogen-bond donors (Lipinski definition) is 2. The third-order valence-corrected chi connectivity index (χ3v) is 2.55. The SMILES string of the molecule is Cc1cccc(OCCNC(=O)c2cnc(N)cn2)c1. The van der Waals surface area contributed by atoms with Gasteiger partial charge in [0.1, 0.15) is 23.9 Å². The maximum absolute atomic E-state index is 11.7. The minimum atomic E-state index is -0.301. The Morgan fingerprint density at radius 1 is 1.35 bits per heavy atom. The number of nitrogen functional groups attached to an aromatic ring is 1. The summed E-state index contributed by atoms with van der Waals surface area (Å²) < 4.78 is 5.52. The average Bonchev–Trinajstić information content (AvgIpc) is 2.44. The van der Waals surface area contributed by atoms with Crippen LogP contribution in [0.15, 0.2) is 36.7 Å². The van der Waals surface area contributed by atoms with Crippen molar-refractivity contribution < 1.29 is 9.53 Å². The predicted octanol–water partition coefficient (Wildman–Crippen LogP) is 1.18. The molecule has 0 spiro atoms. The van der Waals surface area contributed by atoms with Crippen LogP contribution < -0.4 is 15.8 Å². The third-order valence-electron chi connectivity index (χ3n) is 2.55. The van der Waals surface area contributed by atoms with E-state index in [4.69, 9.17) is 10.5 Å². The standard InChI is InChI=1S/C14H16N4O2/c1-10-3-2-4-11(7-10)20-6-5-16-14(19)12-8-18-13(15)9-17-12/h2-4,7-9H,5-6H2,1H3,(H2,15,18)(H,16,19). The van der Waals surface area contributed by atoms with Crippen molar-refractivity contribution in [1.82, 2.24) is 15.3 Å². The minimum Gasteiger partial charge on any atom is -0.492 e. The summed E-state index contributed by atoms with van der Waals surface area (Å²) in [5.74, 6) is 0.765. The summed E-state index contributed by atoms with van der Waals surface area (Å²) in [6.45, 7) is 2.77. The van der Waals surface area contributed by atoms with Gasteiger partial charge in [0, 0.05) is 0 Å². The topological polar surface area (TPSA) is 90.1 Å². The lowest BCUT2D eigenvalue weighted by atomic mass is 10.2. The highest BCUT2D eigenvalue weighted by Gasteiger charge is 2.06. The molecule has 2 rings (SSSR count). The number of benzene rings is 1. The van der Waals surface area contributed by atoms with Crippen molar-refractivity contribution in [3.05, 3.63) is 47.9 Å². The highest BCUT2D eigenvalue weighted by atomic mass is 16.5. The van der Waals surface area contributed by atoms with Gasteiger partial charge in [-0.2, -0.15) is 0 Å². The molecule has 0 fully saturated rings. The number of amides is 1. The van der Waals surface area contributed by atoms with Gasteiger partial charge in [-0.15, -0.1) is 0 Å². The van der Waals surface area contributed by atoms with Crippen LogP contribution in [0.2, 0.25) is 0 Å². The monoisotopic (exact) mass is 272 g/mol. The van der Waals surface area contributed by atoms with Gasteiger partial charge < -0.3 is 15.8 Å². The molecule has 20 heavy (non-hydrogen) atoms. The second-order valence-electron chi connectivity index (χ2n) is 4.25. The molecule has 0 saturated heterocycles. The number of rotatable bonds is 5. The molecule has 0 saturated carbocycles. The molecular formula is C14H16N4O2. The van der Waals surface area contributed by atoms with Crippen LogP contribution >= 0.6 is 0 Å². The van der Waals surface area contributed by atoms with Crippen molar-refractivity contribution in [2.75, 3.05) is 18.9 Å². The van der Waals surface area contributed by atoms with Gasteiger partial charge in [-0.25, -0.2) is 9.97 Å². The molecule has 1 heterocycles. The number of anilines is 1. The Hall–Kier alpha value is -2.63. The van der Waals surface area contributed by atoms with E-state index in [0.29, 0.717) is 13.2 Å². The van der Waals surface area contributed by atoms with Crippen molar-refractivity contribution >= 4 is 11.7 Å². The number of aryl methyl sites for hydroxylation is 1. The van der Waals surface area contributed by atoms with Crippen LogP contribution in [0.25, 0.3) is 0 Å². The molecule has 0 radical (unpaired) electrons. The van der Waals surface area contributed by atoms with Crippen LogP contribution in [-0.4, -0.2) is 29.0 Å². The zero-order chi connectivity index (χ0) is 14.4. The van der Waals surface area contributed by atoms with E-state index in [1.165, 1.54) is 12.4 Å². The highest BCUT2D eigenvalue weighted by Crippen LogP contribution is 2.11. The van der Waals surface area contributed by atoms with E-state index < -0.39 is 0 Å². The molecule has 6 nitrogen and oxygen atoms in total. The van der Waals surface area contributed by atoms with Gasteiger partial charge in [0.2, 0.25) is 0 Å². The fourth-order valence-corrected chi connectivity index (χ4v) is 1.58. The Kier molecular flexibility index (Phi) is 4.49. The zero-order valence-corrected chi connectivity index (χ0v) is 11.2. The molecule has 0 bridgehead atoms. The molecule has 0 aliphatic carbocycles. The van der Waals surface area contributed by atoms with Crippen molar-refractivity contribution in [2.45, 2.75) is 6.92 Å². The molecule has 0 aliphatic rings. The van der Waals surface area contributed by atoms with Crippen LogP contribution in [0, 0.1) is 6.92 Å². The number of ether oxygens (including phenoxy) is 1. The van der Waals surface area contributed by atoms with Crippen molar-refractivity contribution in [1.29, 1.82) is 0 Å². The van der Waals surface area contributed by atoms with Crippen LogP contribution in [0.3, 0.4) is 0 Å². The quantitative estimate of drug-likeness (QED) is 0.797. The summed E-state index contributed by atoms with van der Waals surface area (Å²) in [7, 11) is 0. The summed E-state index contributed by atoms with van der Waals surface area (Å²) in [5.41, 5.74) is 6.76. The van der Waals surface area contributed by atoms with Crippen molar-refractivity contribution in [2.24, 2.45) is 0 Å². The largest absolute Gasteiger partial charge is 0.492 e. The number of nitrogens with two attached hydrogens (primary N) is 1. The Labute approximate surface area is 117 Å². The summed E-state index contributed by atoms with van der Waals surface area (Å²) in [6.07, 6.45) is 2.68. The number of nitrogens with one attached hydrogen (secondary N) is 1. The van der Waals surface area contributed by atoms with E-state index in [-0.39, 0.29) is 17.4 Å². The second kappa shape index (κ2) is 6.51. The van der Waals surface area contributed by atoms with Gasteiger partial charge in [0.05, 0.1) is 18.9 Å². The fraction of sp³-hybridized carbons (Fsp3) is 0.214. The van der Waals surface area contributed by atoms with E-state index in [0.717, 1.165) is 11.3 Å². The highest BCUT2D eigenvalue weighted by molar-refractivity contribution is 5.91. The average molecular weight is 272 g/mol. The Morgan fingerprint density at radius 2 is 2.20 bits per heavy atom. The van der Waals surface area contributed by atoms with Gasteiger partial charge in [-0.1, -0.05) is 12.1 Å². The lowest BCUT2D eigenvalue weighted by Crippen LogP contribution is -2.28. The molecule has 0 atom stereocenters. The first kappa shape index (κ1) is 13.8. The Balaban J connectivity index is 1.76. The summed E-state index contributed by atoms with van der Waals surface area (Å²) in [5, 5.41) is 2.70. The molecule has 104 valence electrons. The molecule has 1 aromatic heterocycles. The van der Waals surface area contributed by atoms with Gasteiger partial charge in [0.15, 0.2) is 0 Å². The first-order valence-corrected chi connectivity index (χ1v) is 6.20. The molecule has 3 N–H and O–H groups in total. The summed E-state index contributed by atoms with van der Waals surface area (Å²) in [6, 6.07) is 7.73. The number of carbonyl (C=O) groups is 1. The first-order chi connectivity index (χ1) is 9.65. The molecule has 1 aromatic carbocycles. The fourth-order valence-electron chi connectivity index (χ4n) is 1.58. The second-order valence-corrected chi connectivity index (χ2v) is 4.25. The molecule has 0 aliphatic heterocycles. The molecule has 0 unspecified atom stereocenters. The molecule has 6 heteroatoms. The number of nitrogens with zero attached hydrogens (tertiary/aromatic N) is 2. The van der Waals surface area contributed by atoms with Crippen LogP contribution in [0.1, 0.15) is 16.1 Å². The third kappa shape index (κ3) is 3.94. The predicted molar refractivity (Wildman–Crippen MR) is 75.5 cm³/mol. The van der Waals surface area contributed by atoms with Gasteiger partial charge >= 0.3 is 0 Å². The van der Waals surface area contributed by atoms with E-state index >= 15 is 0 Å². The van der Waals surface area contributed by atoms with E-state index in [2.05, 4.69) is 15.3 Å². The molecular weight excluding hydrogens is 256 g/mol. The Morgan fingerprint density at radius 3 is 2.90 bits per heavy atom. The summed E-state index contributed by atoms with van der Waals surface area (Å²) in [4.78, 5) is 19.4. The van der Waals surface area contributed by atoms with Gasteiger partial charge in [0.25, 0.3) is 5.91 Å². The maximum atomic E-state index is 11.7. The smallest absolute Gasteiger partial charge is 0.271 e. The number of hydrogen-bond acceptors (Lipinski definition) is 5. The van der Waals surface area contributed by atoms with E-state index in [1.54, 1.807) is 0 Å². The van der Waals surface area contributed by atoms with E-state index in [1.807, 2.05) is 31.2 Å². The van der Waals surface area contributed by atoms with Gasteiger partial charge in [-0.3, -0.25) is 4.79 Å². The molecule has 1 amide bonds. The minimum absolute atomic E-state index is 0.231. The number of carbonyl (C=O) groups excluding carboxylic acids is 1. The first-order valence-electron chi connectivity index (χ1n) is 6.20. The van der Waals surface area contributed by atoms with Crippen molar-refractivity contribution in [3.63, 3.8) is 0 Å². The van der Waals surface area contributed by atoms with Crippen molar-refractivity contribution in [3.8, 4) is 5.75 Å². The Bertz CT molecular complexity index is 584. The van der Waals surface area contributed by atoms with Gasteiger partial charge in [-0.05, 0) is 24.6 Å².